The van der Waals surface area contributed by atoms with E-state index in [1.165, 1.54) is 12.1 Å². The number of carbonyl (C=O) groups excluding carboxylic acids is 1. The van der Waals surface area contributed by atoms with Gasteiger partial charge in [0.1, 0.15) is 0 Å². The molecule has 0 saturated carbocycles. The van der Waals surface area contributed by atoms with Crippen LogP contribution in [0.5, 0.6) is 0 Å². The first-order valence-corrected chi connectivity index (χ1v) is 6.96. The highest BCUT2D eigenvalue weighted by Gasteiger charge is 2.10. The minimum atomic E-state index is -0.454. The summed E-state index contributed by atoms with van der Waals surface area (Å²) in [6.07, 6.45) is 0. The lowest BCUT2D eigenvalue weighted by molar-refractivity contribution is -0.384. The smallest absolute Gasteiger partial charge is 0.273 e. The van der Waals surface area contributed by atoms with Gasteiger partial charge < -0.3 is 16.0 Å². The Hall–Kier alpha value is -2.31. The number of hydrogen-bond acceptors (Lipinski definition) is 5. The summed E-state index contributed by atoms with van der Waals surface area (Å²) >= 11 is 0. The number of non-ortho nitro benzene ring substituents is 1. The Balaban J connectivity index is 2.69. The second-order valence-corrected chi connectivity index (χ2v) is 5.11. The molecule has 1 rings (SSSR count). The largest absolute Gasteiger partial charge is 0.385 e. The van der Waals surface area contributed by atoms with Gasteiger partial charge in [-0.05, 0) is 18.9 Å². The minimum absolute atomic E-state index is 0.0152. The fourth-order valence-electron chi connectivity index (χ4n) is 1.69. The Morgan fingerprint density at radius 2 is 1.86 bits per heavy atom. The molecule has 0 bridgehead atoms. The van der Waals surface area contributed by atoms with Crippen molar-refractivity contribution in [2.75, 3.05) is 30.3 Å². The van der Waals surface area contributed by atoms with E-state index in [9.17, 15) is 14.9 Å². The molecule has 0 radical (unpaired) electrons. The number of nitrogens with one attached hydrogen (secondary N) is 3. The molecule has 116 valence electrons. The van der Waals surface area contributed by atoms with Crippen LogP contribution in [0, 0.1) is 16.0 Å². The van der Waals surface area contributed by atoms with Crippen molar-refractivity contribution in [3.63, 3.8) is 0 Å². The predicted octanol–water partition coefficient (Wildman–Crippen LogP) is 2.21. The number of carbonyl (C=O) groups is 1. The molecule has 0 unspecified atom stereocenters. The zero-order valence-electron chi connectivity index (χ0n) is 12.6. The summed E-state index contributed by atoms with van der Waals surface area (Å²) in [5, 5.41) is 19.6. The van der Waals surface area contributed by atoms with E-state index in [0.717, 1.165) is 0 Å². The van der Waals surface area contributed by atoms with Gasteiger partial charge in [-0.1, -0.05) is 13.8 Å². The van der Waals surface area contributed by atoms with Crippen molar-refractivity contribution < 1.29 is 9.72 Å². The Kier molecular flexibility index (Phi) is 6.45. The Morgan fingerprint density at radius 1 is 1.24 bits per heavy atom. The van der Waals surface area contributed by atoms with Crippen LogP contribution in [0.15, 0.2) is 18.2 Å². The van der Waals surface area contributed by atoms with Gasteiger partial charge in [0.15, 0.2) is 0 Å². The summed E-state index contributed by atoms with van der Waals surface area (Å²) in [6.45, 7) is 7.28. The van der Waals surface area contributed by atoms with Crippen molar-refractivity contribution in [2.24, 2.45) is 5.92 Å². The summed E-state index contributed by atoms with van der Waals surface area (Å²) in [7, 11) is 0. The second kappa shape index (κ2) is 8.08. The van der Waals surface area contributed by atoms with E-state index in [4.69, 9.17) is 0 Å². The fraction of sp³-hybridized carbons (Fsp3) is 0.500. The van der Waals surface area contributed by atoms with Gasteiger partial charge in [-0.2, -0.15) is 0 Å². The molecular formula is C14H22N4O3. The second-order valence-electron chi connectivity index (χ2n) is 5.11. The van der Waals surface area contributed by atoms with Crippen LogP contribution >= 0.6 is 0 Å². The third kappa shape index (κ3) is 6.11. The lowest BCUT2D eigenvalue weighted by atomic mass is 10.2. The molecule has 0 aliphatic rings. The SMILES string of the molecule is CCNc1cc(NCC(=O)NCC(C)C)cc([N+](=O)[O-])c1. The minimum Gasteiger partial charge on any atom is -0.385 e. The number of nitro groups is 1. The number of anilines is 2. The van der Waals surface area contributed by atoms with Crippen molar-refractivity contribution in [1.29, 1.82) is 0 Å². The van der Waals surface area contributed by atoms with Crippen LogP contribution in [0.2, 0.25) is 0 Å². The van der Waals surface area contributed by atoms with Crippen molar-refractivity contribution in [1.82, 2.24) is 5.32 Å². The predicted molar refractivity (Wildman–Crippen MR) is 83.6 cm³/mol. The zero-order valence-corrected chi connectivity index (χ0v) is 12.6. The first kappa shape index (κ1) is 16.7. The number of nitro benzene ring substituents is 1. The Bertz CT molecular complexity index is 503. The van der Waals surface area contributed by atoms with Gasteiger partial charge in [-0.3, -0.25) is 14.9 Å². The normalized spacial score (nSPS) is 10.3. The first-order valence-electron chi connectivity index (χ1n) is 6.96. The first-order chi connectivity index (χ1) is 9.92. The monoisotopic (exact) mass is 294 g/mol. The molecule has 1 amide bonds. The van der Waals surface area contributed by atoms with Gasteiger partial charge in [-0.15, -0.1) is 0 Å². The Labute approximate surface area is 124 Å². The number of amides is 1. The third-order valence-corrected chi connectivity index (χ3v) is 2.67. The van der Waals surface area contributed by atoms with Crippen molar-refractivity contribution in [3.05, 3.63) is 28.3 Å². The van der Waals surface area contributed by atoms with Crippen LogP contribution in [-0.4, -0.2) is 30.5 Å². The maximum Gasteiger partial charge on any atom is 0.273 e. The number of rotatable bonds is 8. The molecule has 1 aromatic rings. The van der Waals surface area contributed by atoms with Crippen LogP contribution in [-0.2, 0) is 4.79 Å². The summed E-state index contributed by atoms with van der Waals surface area (Å²) in [5.74, 6) is 0.243. The average Bonchev–Trinajstić information content (AvgIpc) is 2.43. The highest BCUT2D eigenvalue weighted by Crippen LogP contribution is 2.24. The molecule has 0 aromatic heterocycles. The zero-order chi connectivity index (χ0) is 15.8. The highest BCUT2D eigenvalue weighted by atomic mass is 16.6. The van der Waals surface area contributed by atoms with E-state index in [2.05, 4.69) is 16.0 Å². The number of nitrogens with zero attached hydrogens (tertiary/aromatic N) is 1. The summed E-state index contributed by atoms with van der Waals surface area (Å²) in [4.78, 5) is 22.1. The molecule has 0 aliphatic heterocycles. The average molecular weight is 294 g/mol. The lowest BCUT2D eigenvalue weighted by Gasteiger charge is -2.11. The molecule has 7 heteroatoms. The number of hydrogen-bond donors (Lipinski definition) is 3. The van der Waals surface area contributed by atoms with Gasteiger partial charge in [0.2, 0.25) is 5.91 Å². The molecular weight excluding hydrogens is 272 g/mol. The Morgan fingerprint density at radius 3 is 2.38 bits per heavy atom. The van der Waals surface area contributed by atoms with Gasteiger partial charge in [0.25, 0.3) is 5.69 Å². The van der Waals surface area contributed by atoms with Crippen LogP contribution in [0.25, 0.3) is 0 Å². The van der Waals surface area contributed by atoms with E-state index in [1.54, 1.807) is 6.07 Å². The molecule has 21 heavy (non-hydrogen) atoms. The molecule has 0 spiro atoms. The standard InChI is InChI=1S/C14H22N4O3/c1-4-15-11-5-12(7-13(6-11)18(20)21)16-9-14(19)17-8-10(2)3/h5-7,10,15-16H,4,8-9H2,1-3H3,(H,17,19). The fourth-order valence-corrected chi connectivity index (χ4v) is 1.69. The van der Waals surface area contributed by atoms with Crippen LogP contribution < -0.4 is 16.0 Å². The van der Waals surface area contributed by atoms with Crippen LogP contribution in [0.4, 0.5) is 17.1 Å². The topological polar surface area (TPSA) is 96.3 Å². The van der Waals surface area contributed by atoms with E-state index in [1.807, 2.05) is 20.8 Å². The van der Waals surface area contributed by atoms with Gasteiger partial charge in [0, 0.05) is 36.6 Å². The molecule has 0 atom stereocenters. The van der Waals surface area contributed by atoms with Gasteiger partial charge >= 0.3 is 0 Å². The van der Waals surface area contributed by atoms with Gasteiger partial charge in [-0.25, -0.2) is 0 Å². The van der Waals surface area contributed by atoms with Gasteiger partial charge in [0.05, 0.1) is 11.5 Å². The maximum atomic E-state index is 11.6. The quantitative estimate of drug-likeness (QED) is 0.504. The number of benzene rings is 1. The van der Waals surface area contributed by atoms with E-state index in [-0.39, 0.29) is 18.1 Å². The molecule has 0 fully saturated rings. The third-order valence-electron chi connectivity index (χ3n) is 2.67. The van der Waals surface area contributed by atoms with E-state index in [0.29, 0.717) is 30.4 Å². The lowest BCUT2D eigenvalue weighted by Crippen LogP contribution is -2.32. The molecule has 7 nitrogen and oxygen atoms in total. The molecule has 0 saturated heterocycles. The molecule has 1 aromatic carbocycles. The van der Waals surface area contributed by atoms with Crippen LogP contribution in [0.1, 0.15) is 20.8 Å². The van der Waals surface area contributed by atoms with Crippen molar-refractivity contribution in [3.8, 4) is 0 Å². The summed E-state index contributed by atoms with van der Waals surface area (Å²) < 4.78 is 0. The molecule has 0 aliphatic carbocycles. The molecule has 0 heterocycles. The highest BCUT2D eigenvalue weighted by molar-refractivity contribution is 5.81. The van der Waals surface area contributed by atoms with Crippen molar-refractivity contribution in [2.45, 2.75) is 20.8 Å². The van der Waals surface area contributed by atoms with E-state index < -0.39 is 4.92 Å². The summed E-state index contributed by atoms with van der Waals surface area (Å²) in [5.41, 5.74) is 1.18. The molecule has 3 N–H and O–H groups in total. The summed E-state index contributed by atoms with van der Waals surface area (Å²) in [6, 6.07) is 4.62. The van der Waals surface area contributed by atoms with E-state index >= 15 is 0 Å². The maximum absolute atomic E-state index is 11.6. The van der Waals surface area contributed by atoms with Crippen molar-refractivity contribution >= 4 is 23.0 Å². The van der Waals surface area contributed by atoms with Crippen LogP contribution in [0.3, 0.4) is 0 Å².